The maximum atomic E-state index is 12.4. The lowest BCUT2D eigenvalue weighted by Crippen LogP contribution is -2.51. The molecule has 0 amide bonds. The highest BCUT2D eigenvalue weighted by Gasteiger charge is 2.61. The summed E-state index contributed by atoms with van der Waals surface area (Å²) in [6, 6.07) is 0. The normalized spacial score (nSPS) is 48.7. The zero-order valence-corrected chi connectivity index (χ0v) is 17.8. The number of ketones is 1. The van der Waals surface area contributed by atoms with E-state index in [4.69, 9.17) is 16.3 Å². The highest BCUT2D eigenvalue weighted by atomic mass is 35.5. The van der Waals surface area contributed by atoms with Gasteiger partial charge in [-0.05, 0) is 74.0 Å². The van der Waals surface area contributed by atoms with E-state index >= 15 is 0 Å². The molecule has 4 heteroatoms. The van der Waals surface area contributed by atoms with Gasteiger partial charge in [-0.3, -0.25) is 9.59 Å². The van der Waals surface area contributed by atoms with Crippen molar-refractivity contribution in [2.24, 2.45) is 34.5 Å². The van der Waals surface area contributed by atoms with Crippen LogP contribution in [0, 0.1) is 34.5 Å². The fourth-order valence-corrected chi connectivity index (χ4v) is 8.31. The fourth-order valence-electron chi connectivity index (χ4n) is 7.65. The lowest BCUT2D eigenvalue weighted by molar-refractivity contribution is -0.149. The number of hydrogen-bond acceptors (Lipinski definition) is 3. The van der Waals surface area contributed by atoms with E-state index in [2.05, 4.69) is 19.9 Å². The average Bonchev–Trinajstić information content (AvgIpc) is 2.85. The van der Waals surface area contributed by atoms with Crippen molar-refractivity contribution in [3.8, 4) is 0 Å². The molecule has 0 radical (unpaired) electrons. The number of carbonyl (C=O) groups excluding carboxylic acids is 2. The van der Waals surface area contributed by atoms with Crippen LogP contribution in [-0.2, 0) is 14.3 Å². The largest absolute Gasteiger partial charge is 0.462 e. The predicted molar refractivity (Wildman–Crippen MR) is 106 cm³/mol. The molecular formula is C23H33ClO3. The molecule has 4 aliphatic carbocycles. The van der Waals surface area contributed by atoms with Crippen LogP contribution in [0.1, 0.15) is 72.6 Å². The Hall–Kier alpha value is -0.830. The van der Waals surface area contributed by atoms with Crippen LogP contribution in [0.5, 0.6) is 0 Å². The van der Waals surface area contributed by atoms with Gasteiger partial charge in [-0.15, -0.1) is 11.6 Å². The molecule has 0 N–H and O–H groups in total. The summed E-state index contributed by atoms with van der Waals surface area (Å²) in [5, 5.41) is -0.00543. The third-order valence-electron chi connectivity index (χ3n) is 8.82. The SMILES string of the molecule is CC(=O)O[C@H]1CC[C@@]2(C)C(=CC[C@H]3[C@H]2CC[C@@]2(C)[C@H]3C[C@H](Cl)[C@@H]2C(C)=O)C1. The van der Waals surface area contributed by atoms with Crippen LogP contribution in [0.25, 0.3) is 0 Å². The van der Waals surface area contributed by atoms with E-state index in [1.165, 1.54) is 18.9 Å². The zero-order chi connectivity index (χ0) is 19.6. The molecule has 3 nitrogen and oxygen atoms in total. The van der Waals surface area contributed by atoms with Crippen molar-refractivity contribution in [2.45, 2.75) is 84.1 Å². The van der Waals surface area contributed by atoms with Gasteiger partial charge < -0.3 is 4.74 Å². The Bertz CT molecular complexity index is 685. The molecule has 0 bridgehead atoms. The Labute approximate surface area is 168 Å². The molecule has 3 saturated carbocycles. The van der Waals surface area contributed by atoms with Gasteiger partial charge in [0.1, 0.15) is 11.9 Å². The number of rotatable bonds is 2. The fraction of sp³-hybridized carbons (Fsp3) is 0.826. The van der Waals surface area contributed by atoms with Gasteiger partial charge >= 0.3 is 5.97 Å². The van der Waals surface area contributed by atoms with Crippen LogP contribution in [0.15, 0.2) is 11.6 Å². The number of hydrogen-bond donors (Lipinski definition) is 0. The Morgan fingerprint density at radius 1 is 1.15 bits per heavy atom. The van der Waals surface area contributed by atoms with E-state index in [-0.39, 0.29) is 40.0 Å². The molecule has 27 heavy (non-hydrogen) atoms. The van der Waals surface area contributed by atoms with Crippen LogP contribution in [0.2, 0.25) is 0 Å². The average molecular weight is 393 g/mol. The molecular weight excluding hydrogens is 360 g/mol. The van der Waals surface area contributed by atoms with Crippen LogP contribution in [-0.4, -0.2) is 23.2 Å². The molecule has 4 aliphatic rings. The van der Waals surface area contributed by atoms with E-state index in [9.17, 15) is 9.59 Å². The molecule has 0 unspecified atom stereocenters. The molecule has 150 valence electrons. The number of ether oxygens (including phenoxy) is 1. The molecule has 0 aromatic heterocycles. The number of esters is 1. The molecule has 4 rings (SSSR count). The third-order valence-corrected chi connectivity index (χ3v) is 9.25. The van der Waals surface area contributed by atoms with Crippen LogP contribution in [0.4, 0.5) is 0 Å². The summed E-state index contributed by atoms with van der Waals surface area (Å²) >= 11 is 6.72. The van der Waals surface area contributed by atoms with Gasteiger partial charge in [-0.1, -0.05) is 25.5 Å². The van der Waals surface area contributed by atoms with Crippen molar-refractivity contribution in [2.75, 3.05) is 0 Å². The Kier molecular flexibility index (Phi) is 4.77. The minimum Gasteiger partial charge on any atom is -0.462 e. The molecule has 0 spiro atoms. The van der Waals surface area contributed by atoms with E-state index in [1.54, 1.807) is 6.92 Å². The lowest BCUT2D eigenvalue weighted by atomic mass is 9.47. The Morgan fingerprint density at radius 3 is 2.56 bits per heavy atom. The van der Waals surface area contributed by atoms with Crippen molar-refractivity contribution in [1.82, 2.24) is 0 Å². The number of alkyl halides is 1. The third kappa shape index (κ3) is 2.91. The van der Waals surface area contributed by atoms with Gasteiger partial charge in [0.2, 0.25) is 0 Å². The summed E-state index contributed by atoms with van der Waals surface area (Å²) < 4.78 is 5.53. The smallest absolute Gasteiger partial charge is 0.302 e. The molecule has 0 heterocycles. The van der Waals surface area contributed by atoms with Crippen molar-refractivity contribution < 1.29 is 14.3 Å². The topological polar surface area (TPSA) is 43.4 Å². The van der Waals surface area contributed by atoms with Crippen LogP contribution >= 0.6 is 11.6 Å². The molecule has 0 saturated heterocycles. The van der Waals surface area contributed by atoms with Gasteiger partial charge in [-0.2, -0.15) is 0 Å². The number of fused-ring (bicyclic) bond motifs is 5. The summed E-state index contributed by atoms with van der Waals surface area (Å²) in [5.41, 5.74) is 1.79. The van der Waals surface area contributed by atoms with E-state index in [0.717, 1.165) is 38.5 Å². The van der Waals surface area contributed by atoms with Crippen molar-refractivity contribution in [1.29, 1.82) is 0 Å². The maximum Gasteiger partial charge on any atom is 0.302 e. The van der Waals surface area contributed by atoms with Gasteiger partial charge in [0.15, 0.2) is 0 Å². The predicted octanol–water partition coefficient (Wildman–Crippen LogP) is 5.30. The summed E-state index contributed by atoms with van der Waals surface area (Å²) in [6.45, 7) is 8.02. The summed E-state index contributed by atoms with van der Waals surface area (Å²) in [6.07, 6.45) is 9.85. The number of halogens is 1. The minimum absolute atomic E-state index is 0.00543. The van der Waals surface area contributed by atoms with Crippen molar-refractivity contribution in [3.05, 3.63) is 11.6 Å². The molecule has 0 aliphatic heterocycles. The standard InChI is InChI=1S/C23H33ClO3/c1-13(25)21-20(24)12-19-17-6-5-15-11-16(27-14(2)26)7-9-22(15,3)18(17)8-10-23(19,21)4/h5,16-21H,6-12H2,1-4H3/t16-,17-,18+,19-,20-,21-,22-,23-/m0/s1. The molecule has 3 fully saturated rings. The van der Waals surface area contributed by atoms with Gasteiger partial charge in [0.25, 0.3) is 0 Å². The second-order valence-electron chi connectivity index (χ2n) is 10.1. The first-order chi connectivity index (χ1) is 12.7. The van der Waals surface area contributed by atoms with E-state index in [1.807, 2.05) is 0 Å². The second-order valence-corrected chi connectivity index (χ2v) is 10.7. The second kappa shape index (κ2) is 6.61. The summed E-state index contributed by atoms with van der Waals surface area (Å²) in [4.78, 5) is 23.7. The first-order valence-electron chi connectivity index (χ1n) is 10.7. The van der Waals surface area contributed by atoms with Crippen LogP contribution in [0.3, 0.4) is 0 Å². The van der Waals surface area contributed by atoms with Crippen LogP contribution < -0.4 is 0 Å². The lowest BCUT2D eigenvalue weighted by Gasteiger charge is -2.57. The van der Waals surface area contributed by atoms with E-state index in [0.29, 0.717) is 17.8 Å². The number of carbonyl (C=O) groups is 2. The highest BCUT2D eigenvalue weighted by Crippen LogP contribution is 2.67. The Balaban J connectivity index is 1.61. The monoisotopic (exact) mass is 392 g/mol. The van der Waals surface area contributed by atoms with Gasteiger partial charge in [-0.25, -0.2) is 0 Å². The van der Waals surface area contributed by atoms with Crippen molar-refractivity contribution >= 4 is 23.4 Å². The van der Waals surface area contributed by atoms with Gasteiger partial charge in [0.05, 0.1) is 0 Å². The summed E-state index contributed by atoms with van der Waals surface area (Å²) in [5.74, 6) is 1.98. The summed E-state index contributed by atoms with van der Waals surface area (Å²) in [7, 11) is 0. The molecule has 0 aromatic carbocycles. The number of Topliss-reactive ketones (excluding diaryl/α,β-unsaturated/α-hetero) is 1. The highest BCUT2D eigenvalue weighted by molar-refractivity contribution is 6.22. The quantitative estimate of drug-likeness (QED) is 0.363. The molecule has 8 atom stereocenters. The van der Waals surface area contributed by atoms with Crippen molar-refractivity contribution in [3.63, 3.8) is 0 Å². The minimum atomic E-state index is -0.166. The van der Waals surface area contributed by atoms with Gasteiger partial charge in [0, 0.05) is 24.6 Å². The first kappa shape index (κ1) is 19.5. The number of allylic oxidation sites excluding steroid dienone is 1. The maximum absolute atomic E-state index is 12.4. The van der Waals surface area contributed by atoms with E-state index < -0.39 is 0 Å². The first-order valence-corrected chi connectivity index (χ1v) is 11.1. The molecule has 0 aromatic rings. The zero-order valence-electron chi connectivity index (χ0n) is 17.1. The Morgan fingerprint density at radius 2 is 1.89 bits per heavy atom.